The highest BCUT2D eigenvalue weighted by Crippen LogP contribution is 2.17. The Kier molecular flexibility index (Phi) is 6.80. The van der Waals surface area contributed by atoms with Crippen molar-refractivity contribution >= 4 is 39.3 Å². The van der Waals surface area contributed by atoms with E-state index in [0.717, 1.165) is 21.7 Å². The third-order valence-corrected chi connectivity index (χ3v) is 4.59. The summed E-state index contributed by atoms with van der Waals surface area (Å²) in [5.74, 6) is 1.62. The maximum absolute atomic E-state index is 12.0. The van der Waals surface area contributed by atoms with Crippen molar-refractivity contribution in [3.63, 3.8) is 0 Å². The molecule has 2 aromatic carbocycles. The van der Waals surface area contributed by atoms with Crippen molar-refractivity contribution in [3.05, 3.63) is 59.1 Å². The van der Waals surface area contributed by atoms with E-state index in [1.54, 1.807) is 11.8 Å². The quantitative estimate of drug-likeness (QED) is 0.715. The van der Waals surface area contributed by atoms with Crippen molar-refractivity contribution in [1.82, 2.24) is 0 Å². The Labute approximate surface area is 143 Å². The van der Waals surface area contributed by atoms with Gasteiger partial charge in [-0.15, -0.1) is 11.8 Å². The second-order valence-electron chi connectivity index (χ2n) is 4.67. The van der Waals surface area contributed by atoms with Crippen molar-refractivity contribution < 1.29 is 9.53 Å². The van der Waals surface area contributed by atoms with Gasteiger partial charge in [-0.3, -0.25) is 4.79 Å². The number of thioether (sulfide) groups is 1. The molecular formula is C17H18BrNO2S. The van der Waals surface area contributed by atoms with E-state index in [9.17, 15) is 4.79 Å². The summed E-state index contributed by atoms with van der Waals surface area (Å²) in [6.07, 6.45) is 0. The first-order valence-electron chi connectivity index (χ1n) is 7.01. The van der Waals surface area contributed by atoms with Crippen LogP contribution >= 0.6 is 27.7 Å². The fourth-order valence-electron chi connectivity index (χ4n) is 1.76. The maximum atomic E-state index is 12.0. The summed E-state index contributed by atoms with van der Waals surface area (Å²) in [5, 5.41) is 2.78. The highest BCUT2D eigenvalue weighted by atomic mass is 79.9. The number of carbonyl (C=O) groups is 1. The molecule has 0 radical (unpaired) electrons. The van der Waals surface area contributed by atoms with E-state index < -0.39 is 0 Å². The van der Waals surface area contributed by atoms with Crippen LogP contribution in [0.4, 0.5) is 5.69 Å². The summed E-state index contributed by atoms with van der Waals surface area (Å²) in [7, 11) is 0. The van der Waals surface area contributed by atoms with Crippen LogP contribution < -0.4 is 10.1 Å². The molecule has 5 heteroatoms. The van der Waals surface area contributed by atoms with Crippen LogP contribution in [0.1, 0.15) is 6.92 Å². The molecule has 1 unspecified atom stereocenters. The van der Waals surface area contributed by atoms with Crippen LogP contribution in [-0.4, -0.2) is 23.5 Å². The third kappa shape index (κ3) is 5.73. The van der Waals surface area contributed by atoms with Gasteiger partial charge in [-0.05, 0) is 43.3 Å². The van der Waals surface area contributed by atoms with Crippen LogP contribution in [0.3, 0.4) is 0 Å². The number of hydrogen-bond donors (Lipinski definition) is 1. The molecule has 116 valence electrons. The van der Waals surface area contributed by atoms with Gasteiger partial charge in [0.25, 0.3) is 0 Å². The van der Waals surface area contributed by atoms with E-state index in [-0.39, 0.29) is 11.2 Å². The van der Waals surface area contributed by atoms with Gasteiger partial charge in [-0.2, -0.15) is 0 Å². The number of nitrogens with one attached hydrogen (secondary N) is 1. The van der Waals surface area contributed by atoms with Crippen LogP contribution in [0, 0.1) is 0 Å². The number of hydrogen-bond acceptors (Lipinski definition) is 3. The summed E-state index contributed by atoms with van der Waals surface area (Å²) in [5.41, 5.74) is 0.825. The minimum atomic E-state index is -0.117. The largest absolute Gasteiger partial charge is 0.493 e. The van der Waals surface area contributed by atoms with Crippen molar-refractivity contribution in [3.8, 4) is 5.75 Å². The van der Waals surface area contributed by atoms with Crippen molar-refractivity contribution in [2.24, 2.45) is 0 Å². The minimum absolute atomic E-state index is 0.0137. The van der Waals surface area contributed by atoms with Gasteiger partial charge in [0.05, 0.1) is 11.9 Å². The second kappa shape index (κ2) is 8.86. The molecule has 0 bridgehead atoms. The second-order valence-corrected chi connectivity index (χ2v) is 7.04. The smallest absolute Gasteiger partial charge is 0.237 e. The van der Waals surface area contributed by atoms with Crippen LogP contribution in [0.2, 0.25) is 0 Å². The lowest BCUT2D eigenvalue weighted by molar-refractivity contribution is -0.115. The molecule has 1 N–H and O–H groups in total. The van der Waals surface area contributed by atoms with E-state index in [1.165, 1.54) is 0 Å². The fourth-order valence-corrected chi connectivity index (χ4v) is 2.76. The number of halogens is 1. The molecule has 22 heavy (non-hydrogen) atoms. The fraction of sp³-hybridized carbons (Fsp3) is 0.235. The Balaban J connectivity index is 1.67. The van der Waals surface area contributed by atoms with Gasteiger partial charge in [0.2, 0.25) is 5.91 Å². The molecule has 0 aliphatic heterocycles. The van der Waals surface area contributed by atoms with Crippen LogP contribution in [-0.2, 0) is 4.79 Å². The van der Waals surface area contributed by atoms with Gasteiger partial charge in [-0.1, -0.05) is 34.1 Å². The first-order chi connectivity index (χ1) is 10.6. The lowest BCUT2D eigenvalue weighted by Crippen LogP contribution is -2.23. The van der Waals surface area contributed by atoms with Gasteiger partial charge >= 0.3 is 0 Å². The van der Waals surface area contributed by atoms with Crippen LogP contribution in [0.5, 0.6) is 5.75 Å². The first kappa shape index (κ1) is 16.9. The third-order valence-electron chi connectivity index (χ3n) is 2.94. The van der Waals surface area contributed by atoms with E-state index in [4.69, 9.17) is 4.74 Å². The average molecular weight is 380 g/mol. The molecule has 0 saturated heterocycles. The molecule has 0 saturated carbocycles. The molecule has 0 heterocycles. The molecule has 2 aromatic rings. The average Bonchev–Trinajstić information content (AvgIpc) is 2.54. The number of rotatable bonds is 7. The SMILES string of the molecule is CC(SCCOc1ccc(Br)cc1)C(=O)Nc1ccccc1. The lowest BCUT2D eigenvalue weighted by atomic mass is 10.3. The Morgan fingerprint density at radius 1 is 1.18 bits per heavy atom. The number of ether oxygens (including phenoxy) is 1. The van der Waals surface area contributed by atoms with Gasteiger partial charge in [0.15, 0.2) is 0 Å². The minimum Gasteiger partial charge on any atom is -0.493 e. The zero-order valence-electron chi connectivity index (χ0n) is 12.3. The molecule has 0 fully saturated rings. The van der Waals surface area contributed by atoms with Crippen molar-refractivity contribution in [2.75, 3.05) is 17.7 Å². The van der Waals surface area contributed by atoms with Gasteiger partial charge < -0.3 is 10.1 Å². The standard InChI is InChI=1S/C17H18BrNO2S/c1-13(17(20)19-15-5-3-2-4-6-15)22-12-11-21-16-9-7-14(18)8-10-16/h2-10,13H,11-12H2,1H3,(H,19,20). The molecular weight excluding hydrogens is 362 g/mol. The number of anilines is 1. The van der Waals surface area contributed by atoms with E-state index in [1.807, 2.05) is 61.5 Å². The monoisotopic (exact) mass is 379 g/mol. The van der Waals surface area contributed by atoms with Crippen LogP contribution in [0.25, 0.3) is 0 Å². The zero-order chi connectivity index (χ0) is 15.8. The van der Waals surface area contributed by atoms with Crippen molar-refractivity contribution in [2.45, 2.75) is 12.2 Å². The summed E-state index contributed by atoms with van der Waals surface area (Å²) in [4.78, 5) is 12.0. The van der Waals surface area contributed by atoms with Crippen molar-refractivity contribution in [1.29, 1.82) is 0 Å². The zero-order valence-corrected chi connectivity index (χ0v) is 14.7. The molecule has 2 rings (SSSR count). The summed E-state index contributed by atoms with van der Waals surface area (Å²) in [6, 6.07) is 17.2. The predicted molar refractivity (Wildman–Crippen MR) is 96.6 cm³/mol. The van der Waals surface area contributed by atoms with Gasteiger partial charge in [0, 0.05) is 15.9 Å². The maximum Gasteiger partial charge on any atom is 0.237 e. The van der Waals surface area contributed by atoms with Crippen LogP contribution in [0.15, 0.2) is 59.1 Å². The number of amides is 1. The normalized spacial score (nSPS) is 11.7. The number of para-hydroxylation sites is 1. The van der Waals surface area contributed by atoms with E-state index >= 15 is 0 Å². The molecule has 3 nitrogen and oxygen atoms in total. The predicted octanol–water partition coefficient (Wildman–Crippen LogP) is 4.59. The highest BCUT2D eigenvalue weighted by molar-refractivity contribution is 9.10. The molecule has 0 aromatic heterocycles. The topological polar surface area (TPSA) is 38.3 Å². The Bertz CT molecular complexity index is 589. The molecule has 0 spiro atoms. The molecule has 1 atom stereocenters. The van der Waals surface area contributed by atoms with Gasteiger partial charge in [-0.25, -0.2) is 0 Å². The summed E-state index contributed by atoms with van der Waals surface area (Å²) >= 11 is 4.97. The van der Waals surface area contributed by atoms with Gasteiger partial charge in [0.1, 0.15) is 5.75 Å². The highest BCUT2D eigenvalue weighted by Gasteiger charge is 2.13. The molecule has 0 aliphatic rings. The number of carbonyl (C=O) groups excluding carboxylic acids is 1. The summed E-state index contributed by atoms with van der Waals surface area (Å²) < 4.78 is 6.66. The lowest BCUT2D eigenvalue weighted by Gasteiger charge is -2.12. The molecule has 1 amide bonds. The Hall–Kier alpha value is -1.46. The van der Waals surface area contributed by atoms with E-state index in [0.29, 0.717) is 6.61 Å². The Morgan fingerprint density at radius 2 is 1.86 bits per heavy atom. The first-order valence-corrected chi connectivity index (χ1v) is 8.85. The Morgan fingerprint density at radius 3 is 2.55 bits per heavy atom. The van der Waals surface area contributed by atoms with E-state index in [2.05, 4.69) is 21.2 Å². The summed E-state index contributed by atoms with van der Waals surface area (Å²) in [6.45, 7) is 2.48. The number of benzene rings is 2. The molecule has 0 aliphatic carbocycles.